The normalized spacial score (nSPS) is 12.0. The molecule has 6 nitrogen and oxygen atoms in total. The minimum atomic E-state index is -0.233. The molecule has 0 saturated carbocycles. The Morgan fingerprint density at radius 2 is 2.00 bits per heavy atom. The minimum Gasteiger partial charge on any atom is -0.356 e. The molecule has 0 radical (unpaired) electrons. The molecule has 1 aromatic heterocycles. The Morgan fingerprint density at radius 3 is 2.57 bits per heavy atom. The maximum atomic E-state index is 12.5. The Kier molecular flexibility index (Phi) is 5.92. The van der Waals surface area contributed by atoms with Gasteiger partial charge in [0, 0.05) is 26.1 Å². The van der Waals surface area contributed by atoms with E-state index < -0.39 is 0 Å². The molecule has 2 aromatic rings. The maximum Gasteiger partial charge on any atom is 0.216 e. The van der Waals surface area contributed by atoms with Crippen molar-refractivity contribution in [1.29, 1.82) is 0 Å². The molecular formula is C16H20N4O2S. The zero-order chi connectivity index (χ0) is 16.8. The van der Waals surface area contributed by atoms with Crippen molar-refractivity contribution in [3.63, 3.8) is 0 Å². The van der Waals surface area contributed by atoms with Crippen LogP contribution >= 0.6 is 11.8 Å². The van der Waals surface area contributed by atoms with Gasteiger partial charge in [0.25, 0.3) is 0 Å². The monoisotopic (exact) mass is 332 g/mol. The fraction of sp³-hybridized carbons (Fsp3) is 0.375. The van der Waals surface area contributed by atoms with E-state index in [9.17, 15) is 9.59 Å². The summed E-state index contributed by atoms with van der Waals surface area (Å²) in [6, 6.07) is 7.52. The van der Waals surface area contributed by atoms with Crippen LogP contribution in [-0.4, -0.2) is 38.2 Å². The van der Waals surface area contributed by atoms with E-state index in [1.807, 2.05) is 38.2 Å². The molecule has 2 rings (SSSR count). The van der Waals surface area contributed by atoms with Crippen molar-refractivity contribution in [3.05, 3.63) is 41.7 Å². The lowest BCUT2D eigenvalue weighted by Crippen LogP contribution is -2.22. The molecule has 1 atom stereocenters. The predicted octanol–water partition coefficient (Wildman–Crippen LogP) is 1.86. The first-order valence-corrected chi connectivity index (χ1v) is 8.23. The first-order chi connectivity index (χ1) is 11.0. The van der Waals surface area contributed by atoms with E-state index in [1.165, 1.54) is 18.7 Å². The third kappa shape index (κ3) is 4.92. The number of hydrogen-bond acceptors (Lipinski definition) is 5. The summed E-state index contributed by atoms with van der Waals surface area (Å²) in [7, 11) is 1.85. The average molecular weight is 332 g/mol. The smallest absolute Gasteiger partial charge is 0.216 e. The standard InChI is InChI=1S/C16H20N4O2S/c1-11(23-16-19-18-10-20(16)3)15(22)14-6-4-13(5-7-14)8-9-17-12(2)21/h4-7,10-11H,8-9H2,1-3H3,(H,17,21). The zero-order valence-electron chi connectivity index (χ0n) is 13.4. The van der Waals surface area contributed by atoms with Crippen LogP contribution in [0.5, 0.6) is 0 Å². The molecule has 0 bridgehead atoms. The number of hydrogen-bond donors (Lipinski definition) is 1. The van der Waals surface area contributed by atoms with Gasteiger partial charge in [-0.1, -0.05) is 36.0 Å². The minimum absolute atomic E-state index is 0.0357. The molecule has 1 N–H and O–H groups in total. The van der Waals surface area contributed by atoms with Gasteiger partial charge in [-0.15, -0.1) is 10.2 Å². The van der Waals surface area contributed by atoms with E-state index >= 15 is 0 Å². The second-order valence-corrected chi connectivity index (χ2v) is 6.59. The number of thioether (sulfide) groups is 1. The number of carbonyl (C=O) groups excluding carboxylic acids is 2. The molecular weight excluding hydrogens is 312 g/mol. The van der Waals surface area contributed by atoms with Crippen LogP contribution in [0.2, 0.25) is 0 Å². The zero-order valence-corrected chi connectivity index (χ0v) is 14.3. The van der Waals surface area contributed by atoms with Gasteiger partial charge >= 0.3 is 0 Å². The number of benzene rings is 1. The van der Waals surface area contributed by atoms with E-state index in [1.54, 1.807) is 10.9 Å². The number of Topliss-reactive ketones (excluding diaryl/α,β-unsaturated/α-hetero) is 1. The molecule has 1 amide bonds. The van der Waals surface area contributed by atoms with Crippen LogP contribution in [0.4, 0.5) is 0 Å². The van der Waals surface area contributed by atoms with Gasteiger partial charge in [-0.25, -0.2) is 0 Å². The fourth-order valence-corrected chi connectivity index (χ4v) is 2.91. The Labute approximate surface area is 139 Å². The number of carbonyl (C=O) groups is 2. The molecule has 1 heterocycles. The molecule has 122 valence electrons. The van der Waals surface area contributed by atoms with Crippen LogP contribution in [0.15, 0.2) is 35.7 Å². The number of nitrogens with zero attached hydrogens (tertiary/aromatic N) is 3. The summed E-state index contributed by atoms with van der Waals surface area (Å²) in [5.74, 6) is 0.0258. The highest BCUT2D eigenvalue weighted by Gasteiger charge is 2.18. The quantitative estimate of drug-likeness (QED) is 0.618. The summed E-state index contributed by atoms with van der Waals surface area (Å²) in [5.41, 5.74) is 1.76. The molecule has 0 saturated heterocycles. The highest BCUT2D eigenvalue weighted by Crippen LogP contribution is 2.23. The molecule has 0 aliphatic heterocycles. The second-order valence-electron chi connectivity index (χ2n) is 5.28. The lowest BCUT2D eigenvalue weighted by Gasteiger charge is -2.10. The topological polar surface area (TPSA) is 76.9 Å². The van der Waals surface area contributed by atoms with E-state index in [2.05, 4.69) is 15.5 Å². The second kappa shape index (κ2) is 7.92. The van der Waals surface area contributed by atoms with E-state index in [4.69, 9.17) is 0 Å². The van der Waals surface area contributed by atoms with Crippen molar-refractivity contribution in [2.24, 2.45) is 7.05 Å². The number of nitrogens with one attached hydrogen (secondary N) is 1. The third-order valence-corrected chi connectivity index (χ3v) is 4.50. The summed E-state index contributed by atoms with van der Waals surface area (Å²) < 4.78 is 1.79. The molecule has 0 aliphatic rings. The SMILES string of the molecule is CC(=O)NCCc1ccc(C(=O)C(C)Sc2nncn2C)cc1. The summed E-state index contributed by atoms with van der Waals surface area (Å²) >= 11 is 1.39. The Balaban J connectivity index is 1.94. The van der Waals surface area contributed by atoms with Gasteiger partial charge in [-0.2, -0.15) is 0 Å². The van der Waals surface area contributed by atoms with Crippen molar-refractivity contribution in [2.45, 2.75) is 30.7 Å². The van der Waals surface area contributed by atoms with Crippen LogP contribution in [-0.2, 0) is 18.3 Å². The lowest BCUT2D eigenvalue weighted by molar-refractivity contribution is -0.118. The molecule has 0 spiro atoms. The van der Waals surface area contributed by atoms with Crippen molar-refractivity contribution in [2.75, 3.05) is 6.54 Å². The average Bonchev–Trinajstić information content (AvgIpc) is 2.92. The summed E-state index contributed by atoms with van der Waals surface area (Å²) in [4.78, 5) is 23.3. The van der Waals surface area contributed by atoms with Crippen LogP contribution in [0.3, 0.4) is 0 Å². The molecule has 23 heavy (non-hydrogen) atoms. The first kappa shape index (κ1) is 17.2. The van der Waals surface area contributed by atoms with Crippen LogP contribution < -0.4 is 5.32 Å². The Bertz CT molecular complexity index is 682. The number of rotatable bonds is 7. The third-order valence-electron chi connectivity index (χ3n) is 3.35. The predicted molar refractivity (Wildman–Crippen MR) is 89.5 cm³/mol. The Morgan fingerprint density at radius 1 is 1.30 bits per heavy atom. The van der Waals surface area contributed by atoms with Crippen molar-refractivity contribution < 1.29 is 9.59 Å². The molecule has 1 unspecified atom stereocenters. The number of aryl methyl sites for hydroxylation is 1. The molecule has 0 fully saturated rings. The van der Waals surface area contributed by atoms with Crippen LogP contribution in [0, 0.1) is 0 Å². The van der Waals surface area contributed by atoms with E-state index in [-0.39, 0.29) is 16.9 Å². The number of amides is 1. The van der Waals surface area contributed by atoms with Gasteiger partial charge in [-0.05, 0) is 18.9 Å². The number of aromatic nitrogens is 3. The number of ketones is 1. The van der Waals surface area contributed by atoms with E-state index in [0.717, 1.165) is 17.1 Å². The summed E-state index contributed by atoms with van der Waals surface area (Å²) in [5, 5.41) is 11.0. The van der Waals surface area contributed by atoms with Gasteiger partial charge in [-0.3, -0.25) is 9.59 Å². The van der Waals surface area contributed by atoms with Crippen LogP contribution in [0.25, 0.3) is 0 Å². The highest BCUT2D eigenvalue weighted by molar-refractivity contribution is 8.00. The van der Waals surface area contributed by atoms with Gasteiger partial charge in [0.15, 0.2) is 10.9 Å². The highest BCUT2D eigenvalue weighted by atomic mass is 32.2. The van der Waals surface area contributed by atoms with Gasteiger partial charge in [0.1, 0.15) is 6.33 Å². The molecule has 0 aliphatic carbocycles. The lowest BCUT2D eigenvalue weighted by atomic mass is 10.0. The molecule has 7 heteroatoms. The maximum absolute atomic E-state index is 12.5. The van der Waals surface area contributed by atoms with Gasteiger partial charge in [0.2, 0.25) is 5.91 Å². The summed E-state index contributed by atoms with van der Waals surface area (Å²) in [6.07, 6.45) is 2.36. The first-order valence-electron chi connectivity index (χ1n) is 7.35. The van der Waals surface area contributed by atoms with Crippen molar-refractivity contribution >= 4 is 23.5 Å². The Hall–Kier alpha value is -2.15. The molecule has 1 aromatic carbocycles. The summed E-state index contributed by atoms with van der Waals surface area (Å²) in [6.45, 7) is 3.96. The largest absolute Gasteiger partial charge is 0.356 e. The van der Waals surface area contributed by atoms with Gasteiger partial charge < -0.3 is 9.88 Å². The van der Waals surface area contributed by atoms with E-state index in [0.29, 0.717) is 12.1 Å². The van der Waals surface area contributed by atoms with Crippen molar-refractivity contribution in [3.8, 4) is 0 Å². The van der Waals surface area contributed by atoms with Crippen LogP contribution in [0.1, 0.15) is 29.8 Å². The fourth-order valence-electron chi connectivity index (χ4n) is 2.04. The van der Waals surface area contributed by atoms with Crippen molar-refractivity contribution in [1.82, 2.24) is 20.1 Å². The van der Waals surface area contributed by atoms with Gasteiger partial charge in [0.05, 0.1) is 5.25 Å².